The first-order valence-corrected chi connectivity index (χ1v) is 7.52. The maximum atomic E-state index is 2.44. The molecule has 0 aliphatic rings. The fourth-order valence-corrected chi connectivity index (χ4v) is 3.57. The molecular weight excluding hydrogens is 256 g/mol. The summed E-state index contributed by atoms with van der Waals surface area (Å²) in [6.07, 6.45) is 3.28. The monoisotopic (exact) mass is 275 g/mol. The maximum absolute atomic E-state index is 2.44. The number of fused-ring (bicyclic) bond motifs is 6. The molecule has 0 saturated heterocycles. The molecule has 2 heterocycles. The van der Waals surface area contributed by atoms with Crippen LogP contribution in [0.5, 0.6) is 0 Å². The zero-order chi connectivity index (χ0) is 14.6. The number of hydrogen-bond acceptors (Lipinski definition) is 0. The van der Waals surface area contributed by atoms with Crippen LogP contribution in [0, 0.1) is 6.92 Å². The van der Waals surface area contributed by atoms with E-state index in [1.165, 1.54) is 38.6 Å². The molecule has 2 heteroatoms. The molecule has 0 radical (unpaired) electrons. The number of aryl methyl sites for hydroxylation is 3. The van der Waals surface area contributed by atoms with Crippen molar-refractivity contribution in [2.24, 2.45) is 7.05 Å². The molecular formula is C19H19N2+. The minimum Gasteiger partial charge on any atom is -0.236 e. The van der Waals surface area contributed by atoms with Gasteiger partial charge in [0.15, 0.2) is 5.52 Å². The molecule has 4 rings (SSSR count). The molecule has 4 aromatic rings. The van der Waals surface area contributed by atoms with Crippen molar-refractivity contribution in [1.82, 2.24) is 4.40 Å². The van der Waals surface area contributed by atoms with Gasteiger partial charge in [0, 0.05) is 17.2 Å². The second kappa shape index (κ2) is 4.32. The van der Waals surface area contributed by atoms with Gasteiger partial charge in [0.1, 0.15) is 11.7 Å². The molecule has 0 atom stereocenters. The first-order valence-electron chi connectivity index (χ1n) is 7.52. The van der Waals surface area contributed by atoms with Crippen molar-refractivity contribution in [1.29, 1.82) is 0 Å². The largest absolute Gasteiger partial charge is 0.261 e. The van der Waals surface area contributed by atoms with Crippen LogP contribution in [0.25, 0.3) is 27.2 Å². The van der Waals surface area contributed by atoms with Crippen molar-refractivity contribution in [3.63, 3.8) is 0 Å². The van der Waals surface area contributed by atoms with Crippen molar-refractivity contribution < 1.29 is 4.57 Å². The van der Waals surface area contributed by atoms with Gasteiger partial charge in [0.05, 0.1) is 7.05 Å². The van der Waals surface area contributed by atoms with Gasteiger partial charge in [-0.05, 0) is 23.9 Å². The molecule has 0 spiro atoms. The number of aromatic nitrogens is 2. The second-order valence-corrected chi connectivity index (χ2v) is 5.75. The van der Waals surface area contributed by atoms with E-state index in [1.807, 2.05) is 0 Å². The molecule has 2 nitrogen and oxygen atoms in total. The van der Waals surface area contributed by atoms with Crippen molar-refractivity contribution in [3.05, 3.63) is 60.0 Å². The number of hydrogen-bond donors (Lipinski definition) is 0. The van der Waals surface area contributed by atoms with Gasteiger partial charge in [-0.2, -0.15) is 4.40 Å². The summed E-state index contributed by atoms with van der Waals surface area (Å²) >= 11 is 0. The Hall–Kier alpha value is -2.35. The van der Waals surface area contributed by atoms with Crippen molar-refractivity contribution in [2.75, 3.05) is 0 Å². The summed E-state index contributed by atoms with van der Waals surface area (Å²) in [6.45, 7) is 4.43. The van der Waals surface area contributed by atoms with E-state index >= 15 is 0 Å². The molecule has 2 aromatic carbocycles. The molecule has 0 unspecified atom stereocenters. The van der Waals surface area contributed by atoms with Gasteiger partial charge < -0.3 is 0 Å². The van der Waals surface area contributed by atoms with Gasteiger partial charge in [0.2, 0.25) is 0 Å². The lowest BCUT2D eigenvalue weighted by Crippen LogP contribution is -2.30. The highest BCUT2D eigenvalue weighted by Crippen LogP contribution is 2.31. The van der Waals surface area contributed by atoms with E-state index in [0.29, 0.717) is 0 Å². The third-order valence-electron chi connectivity index (χ3n) is 4.49. The summed E-state index contributed by atoms with van der Waals surface area (Å²) in [6, 6.07) is 15.3. The van der Waals surface area contributed by atoms with Crippen LogP contribution in [-0.4, -0.2) is 4.40 Å². The lowest BCUT2D eigenvalue weighted by Gasteiger charge is -2.07. The summed E-state index contributed by atoms with van der Waals surface area (Å²) in [5, 5.41) is 4.00. The highest BCUT2D eigenvalue weighted by Gasteiger charge is 2.21. The van der Waals surface area contributed by atoms with Crippen LogP contribution < -0.4 is 4.57 Å². The maximum Gasteiger partial charge on any atom is 0.261 e. The Labute approximate surface area is 124 Å². The van der Waals surface area contributed by atoms with E-state index in [-0.39, 0.29) is 0 Å². The highest BCUT2D eigenvalue weighted by atomic mass is 15.1. The third-order valence-corrected chi connectivity index (χ3v) is 4.49. The van der Waals surface area contributed by atoms with Gasteiger partial charge in [-0.25, -0.2) is 4.57 Å². The summed E-state index contributed by atoms with van der Waals surface area (Å²) in [7, 11) is 2.14. The standard InChI is InChI=1S/C19H19N2/c1-4-18-20(3)12-17-15-10-6-5-9-14(15)16-11-7-8-13(2)19(16)21(17)18/h5-12H,4H2,1-3H3/q+1. The Morgan fingerprint density at radius 3 is 2.43 bits per heavy atom. The third kappa shape index (κ3) is 1.56. The number of nitrogens with zero attached hydrogens (tertiary/aromatic N) is 2. The van der Waals surface area contributed by atoms with Crippen LogP contribution in [0.3, 0.4) is 0 Å². The van der Waals surface area contributed by atoms with E-state index < -0.39 is 0 Å². The summed E-state index contributed by atoms with van der Waals surface area (Å²) in [4.78, 5) is 0. The topological polar surface area (TPSA) is 8.29 Å². The fourth-order valence-electron chi connectivity index (χ4n) is 3.57. The Kier molecular flexibility index (Phi) is 2.55. The van der Waals surface area contributed by atoms with E-state index in [0.717, 1.165) is 6.42 Å². The summed E-state index contributed by atoms with van der Waals surface area (Å²) in [5.41, 5.74) is 3.96. The minimum atomic E-state index is 1.02. The number of imidazole rings is 1. The number of pyridine rings is 1. The molecule has 104 valence electrons. The highest BCUT2D eigenvalue weighted by molar-refractivity contribution is 6.12. The lowest BCUT2D eigenvalue weighted by atomic mass is 10.0. The Morgan fingerprint density at radius 2 is 1.67 bits per heavy atom. The van der Waals surface area contributed by atoms with Gasteiger partial charge in [-0.3, -0.25) is 0 Å². The lowest BCUT2D eigenvalue weighted by molar-refractivity contribution is -0.677. The number of rotatable bonds is 1. The molecule has 2 aromatic heterocycles. The van der Waals surface area contributed by atoms with E-state index in [9.17, 15) is 0 Å². The zero-order valence-electron chi connectivity index (χ0n) is 12.7. The Morgan fingerprint density at radius 1 is 0.952 bits per heavy atom. The van der Waals surface area contributed by atoms with E-state index in [2.05, 4.69) is 78.5 Å². The molecule has 21 heavy (non-hydrogen) atoms. The van der Waals surface area contributed by atoms with Crippen LogP contribution in [0.1, 0.15) is 18.3 Å². The van der Waals surface area contributed by atoms with Gasteiger partial charge >= 0.3 is 0 Å². The normalized spacial score (nSPS) is 11.8. The van der Waals surface area contributed by atoms with Crippen LogP contribution in [-0.2, 0) is 13.5 Å². The van der Waals surface area contributed by atoms with Crippen LogP contribution >= 0.6 is 0 Å². The minimum absolute atomic E-state index is 1.02. The molecule has 0 amide bonds. The van der Waals surface area contributed by atoms with E-state index in [1.54, 1.807) is 0 Å². The quantitative estimate of drug-likeness (QED) is 0.367. The molecule has 0 aliphatic heterocycles. The van der Waals surface area contributed by atoms with Crippen LogP contribution in [0.15, 0.2) is 48.7 Å². The van der Waals surface area contributed by atoms with Crippen molar-refractivity contribution >= 4 is 27.2 Å². The average Bonchev–Trinajstić information content (AvgIpc) is 2.84. The Balaban J connectivity index is 2.45. The zero-order valence-corrected chi connectivity index (χ0v) is 12.7. The smallest absolute Gasteiger partial charge is 0.236 e. The fraction of sp³-hybridized carbons (Fsp3) is 0.211. The summed E-state index contributed by atoms with van der Waals surface area (Å²) in [5.74, 6) is 1.34. The van der Waals surface area contributed by atoms with Gasteiger partial charge in [-0.1, -0.05) is 43.3 Å². The Bertz CT molecular complexity index is 993. The molecule has 0 N–H and O–H groups in total. The van der Waals surface area contributed by atoms with Crippen LogP contribution in [0.4, 0.5) is 0 Å². The first-order chi connectivity index (χ1) is 10.2. The molecule has 0 bridgehead atoms. The van der Waals surface area contributed by atoms with Gasteiger partial charge in [-0.15, -0.1) is 0 Å². The first kappa shape index (κ1) is 12.4. The molecule has 0 aliphatic carbocycles. The van der Waals surface area contributed by atoms with E-state index in [4.69, 9.17) is 0 Å². The second-order valence-electron chi connectivity index (χ2n) is 5.75. The predicted octanol–water partition coefficient (Wildman–Crippen LogP) is 3.94. The van der Waals surface area contributed by atoms with Crippen molar-refractivity contribution in [3.8, 4) is 0 Å². The SMILES string of the molecule is CCc1n2c(c[n+]1C)c1ccccc1c1cccc(C)c12. The molecule has 0 saturated carbocycles. The average molecular weight is 275 g/mol. The summed E-state index contributed by atoms with van der Waals surface area (Å²) < 4.78 is 4.70. The van der Waals surface area contributed by atoms with Crippen molar-refractivity contribution in [2.45, 2.75) is 20.3 Å². The van der Waals surface area contributed by atoms with Gasteiger partial charge in [0.25, 0.3) is 5.82 Å². The van der Waals surface area contributed by atoms with Crippen LogP contribution in [0.2, 0.25) is 0 Å². The number of para-hydroxylation sites is 1. The number of benzene rings is 2. The predicted molar refractivity (Wildman–Crippen MR) is 87.7 cm³/mol. The molecule has 0 fully saturated rings.